The van der Waals surface area contributed by atoms with Gasteiger partial charge in [0.15, 0.2) is 0 Å². The van der Waals surface area contributed by atoms with E-state index in [1.807, 2.05) is 0 Å². The van der Waals surface area contributed by atoms with E-state index in [0.717, 1.165) is 25.7 Å². The number of amides is 2. The third-order valence-corrected chi connectivity index (χ3v) is 3.54. The van der Waals surface area contributed by atoms with Crippen molar-refractivity contribution in [3.63, 3.8) is 0 Å². The average molecular weight is 310 g/mol. The second kappa shape index (κ2) is 7.24. The van der Waals surface area contributed by atoms with Gasteiger partial charge in [0.05, 0.1) is 0 Å². The zero-order chi connectivity index (χ0) is 16.0. The van der Waals surface area contributed by atoms with Crippen molar-refractivity contribution in [3.8, 4) is 5.75 Å². The van der Waals surface area contributed by atoms with Crippen LogP contribution in [0.5, 0.6) is 5.75 Å². The van der Waals surface area contributed by atoms with Crippen LogP contribution in [-0.4, -0.2) is 18.2 Å². The van der Waals surface area contributed by atoms with Gasteiger partial charge in [-0.2, -0.15) is 8.78 Å². The molecular formula is C16H20F2N2O2. The van der Waals surface area contributed by atoms with Gasteiger partial charge >= 0.3 is 12.1 Å². The number of hydrogen-bond donors (Lipinski definition) is 2. The monoisotopic (exact) mass is 310 g/mol. The van der Waals surface area contributed by atoms with Crippen LogP contribution in [0.4, 0.5) is 19.3 Å². The van der Waals surface area contributed by atoms with E-state index in [1.165, 1.54) is 30.7 Å². The largest absolute Gasteiger partial charge is 0.429 e. The highest BCUT2D eigenvalue weighted by atomic mass is 19.3. The van der Waals surface area contributed by atoms with E-state index in [-0.39, 0.29) is 17.8 Å². The number of anilines is 1. The van der Waals surface area contributed by atoms with Crippen LogP contribution in [-0.2, 0) is 0 Å². The Labute approximate surface area is 128 Å². The number of halogens is 2. The van der Waals surface area contributed by atoms with E-state index in [9.17, 15) is 13.6 Å². The van der Waals surface area contributed by atoms with Gasteiger partial charge in [0, 0.05) is 17.8 Å². The normalized spacial score (nSPS) is 15.9. The molecule has 1 fully saturated rings. The van der Waals surface area contributed by atoms with Gasteiger partial charge in [-0.25, -0.2) is 4.79 Å². The summed E-state index contributed by atoms with van der Waals surface area (Å²) in [7, 11) is 0. The summed E-state index contributed by atoms with van der Waals surface area (Å²) < 4.78 is 30.4. The molecule has 2 N–H and O–H groups in total. The Morgan fingerprint density at radius 1 is 1.23 bits per heavy atom. The first kappa shape index (κ1) is 16.3. The number of carbonyl (C=O) groups is 1. The first-order chi connectivity index (χ1) is 10.5. The molecule has 0 spiro atoms. The summed E-state index contributed by atoms with van der Waals surface area (Å²) in [4.78, 5) is 11.9. The van der Waals surface area contributed by atoms with Gasteiger partial charge in [0.25, 0.3) is 0 Å². The van der Waals surface area contributed by atoms with Crippen LogP contribution in [0.1, 0.15) is 32.1 Å². The van der Waals surface area contributed by atoms with Gasteiger partial charge in [0.1, 0.15) is 5.75 Å². The molecule has 22 heavy (non-hydrogen) atoms. The van der Waals surface area contributed by atoms with Crippen molar-refractivity contribution in [2.45, 2.75) is 44.3 Å². The van der Waals surface area contributed by atoms with Crippen LogP contribution >= 0.6 is 0 Å². The van der Waals surface area contributed by atoms with E-state index < -0.39 is 6.11 Å². The molecule has 0 radical (unpaired) electrons. The first-order valence-corrected chi connectivity index (χ1v) is 7.36. The third-order valence-electron chi connectivity index (χ3n) is 3.54. The van der Waals surface area contributed by atoms with Crippen LogP contribution in [0.3, 0.4) is 0 Å². The summed E-state index contributed by atoms with van der Waals surface area (Å²) >= 11 is 0. The number of carbonyl (C=O) groups excluding carboxylic acids is 1. The highest BCUT2D eigenvalue weighted by Crippen LogP contribution is 2.24. The standard InChI is InChI=1S/C16H20F2N2O2/c1-2-16(17,18)22-14-10-8-13(9-11-14)20-15(21)19-12-6-4-3-5-7-12/h2,8-12H,1,3-7H2,(H2,19,20,21). The number of ether oxygens (including phenoxy) is 1. The summed E-state index contributed by atoms with van der Waals surface area (Å²) in [6, 6.07) is 5.69. The van der Waals surface area contributed by atoms with Crippen molar-refractivity contribution >= 4 is 11.7 Å². The van der Waals surface area contributed by atoms with Gasteiger partial charge < -0.3 is 15.4 Å². The maximum absolute atomic E-state index is 13.0. The molecule has 120 valence electrons. The Hall–Kier alpha value is -2.11. The van der Waals surface area contributed by atoms with E-state index >= 15 is 0 Å². The minimum Gasteiger partial charge on any atom is -0.429 e. The Morgan fingerprint density at radius 2 is 1.86 bits per heavy atom. The van der Waals surface area contributed by atoms with Crippen molar-refractivity contribution in [3.05, 3.63) is 36.9 Å². The van der Waals surface area contributed by atoms with Gasteiger partial charge in [0.2, 0.25) is 0 Å². The van der Waals surface area contributed by atoms with E-state index in [4.69, 9.17) is 0 Å². The molecule has 6 heteroatoms. The molecule has 0 heterocycles. The smallest absolute Gasteiger partial charge is 0.419 e. The second-order valence-corrected chi connectivity index (χ2v) is 5.33. The minimum atomic E-state index is -3.41. The quantitative estimate of drug-likeness (QED) is 0.797. The van der Waals surface area contributed by atoms with E-state index in [2.05, 4.69) is 21.9 Å². The van der Waals surface area contributed by atoms with Crippen molar-refractivity contribution < 1.29 is 18.3 Å². The SMILES string of the molecule is C=CC(F)(F)Oc1ccc(NC(=O)NC2CCCCC2)cc1. The molecule has 0 atom stereocenters. The van der Waals surface area contributed by atoms with Crippen LogP contribution in [0.25, 0.3) is 0 Å². The number of nitrogens with one attached hydrogen (secondary N) is 2. The predicted octanol–water partition coefficient (Wildman–Crippen LogP) is 4.30. The fourth-order valence-corrected chi connectivity index (χ4v) is 2.40. The summed E-state index contributed by atoms with van der Waals surface area (Å²) in [5.74, 6) is 0.00291. The van der Waals surface area contributed by atoms with Gasteiger partial charge in [-0.05, 0) is 37.1 Å². The minimum absolute atomic E-state index is 0.00291. The van der Waals surface area contributed by atoms with E-state index in [1.54, 1.807) is 0 Å². The molecular weight excluding hydrogens is 290 g/mol. The number of benzene rings is 1. The molecule has 0 saturated heterocycles. The Kier molecular flexibility index (Phi) is 5.35. The van der Waals surface area contributed by atoms with Crippen molar-refractivity contribution in [2.75, 3.05) is 5.32 Å². The molecule has 1 aliphatic carbocycles. The lowest BCUT2D eigenvalue weighted by Crippen LogP contribution is -2.38. The molecule has 1 saturated carbocycles. The fourth-order valence-electron chi connectivity index (χ4n) is 2.40. The van der Waals surface area contributed by atoms with Gasteiger partial charge in [-0.1, -0.05) is 25.8 Å². The van der Waals surface area contributed by atoms with Crippen LogP contribution in [0.15, 0.2) is 36.9 Å². The number of urea groups is 1. The maximum Gasteiger partial charge on any atom is 0.419 e. The van der Waals surface area contributed by atoms with Crippen molar-refractivity contribution in [1.29, 1.82) is 0 Å². The van der Waals surface area contributed by atoms with Crippen molar-refractivity contribution in [1.82, 2.24) is 5.32 Å². The summed E-state index contributed by atoms with van der Waals surface area (Å²) in [5, 5.41) is 5.59. The topological polar surface area (TPSA) is 50.4 Å². The molecule has 2 amide bonds. The number of hydrogen-bond acceptors (Lipinski definition) is 2. The lowest BCUT2D eigenvalue weighted by molar-refractivity contribution is -0.131. The van der Waals surface area contributed by atoms with E-state index in [0.29, 0.717) is 11.8 Å². The van der Waals surface area contributed by atoms with Crippen molar-refractivity contribution in [2.24, 2.45) is 0 Å². The van der Waals surface area contributed by atoms with Gasteiger partial charge in [-0.3, -0.25) is 0 Å². The lowest BCUT2D eigenvalue weighted by atomic mass is 9.96. The highest BCUT2D eigenvalue weighted by molar-refractivity contribution is 5.89. The van der Waals surface area contributed by atoms with Crippen LogP contribution in [0.2, 0.25) is 0 Å². The summed E-state index contributed by atoms with van der Waals surface area (Å²) in [6.07, 6.45) is 2.50. The lowest BCUT2D eigenvalue weighted by Gasteiger charge is -2.22. The molecule has 2 rings (SSSR count). The highest BCUT2D eigenvalue weighted by Gasteiger charge is 2.26. The maximum atomic E-state index is 13.0. The fraction of sp³-hybridized carbons (Fsp3) is 0.438. The molecule has 0 unspecified atom stereocenters. The molecule has 0 bridgehead atoms. The zero-order valence-electron chi connectivity index (χ0n) is 12.3. The first-order valence-electron chi connectivity index (χ1n) is 7.36. The van der Waals surface area contributed by atoms with Crippen LogP contribution in [0, 0.1) is 0 Å². The Balaban J connectivity index is 1.85. The molecule has 1 aliphatic rings. The Bertz CT molecular complexity index is 511. The molecule has 1 aromatic rings. The predicted molar refractivity (Wildman–Crippen MR) is 81.2 cm³/mol. The zero-order valence-corrected chi connectivity index (χ0v) is 12.3. The van der Waals surface area contributed by atoms with Gasteiger partial charge in [-0.15, -0.1) is 0 Å². The Morgan fingerprint density at radius 3 is 2.45 bits per heavy atom. The third kappa shape index (κ3) is 5.02. The summed E-state index contributed by atoms with van der Waals surface area (Å²) in [6.45, 7) is 3.00. The molecule has 0 aromatic heterocycles. The van der Waals surface area contributed by atoms with Crippen LogP contribution < -0.4 is 15.4 Å². The molecule has 0 aliphatic heterocycles. The number of alkyl halides is 2. The molecule has 4 nitrogen and oxygen atoms in total. The average Bonchev–Trinajstić information content (AvgIpc) is 2.50. The second-order valence-electron chi connectivity index (χ2n) is 5.33. The number of rotatable bonds is 5. The molecule has 1 aromatic carbocycles. The summed E-state index contributed by atoms with van der Waals surface area (Å²) in [5.41, 5.74) is 0.516.